The Labute approximate surface area is 117 Å². The Balaban J connectivity index is 0.000000221. The summed E-state index contributed by atoms with van der Waals surface area (Å²) in [7, 11) is 0. The monoisotopic (exact) mass is 277 g/mol. The first-order chi connectivity index (χ1) is 9.50. The Morgan fingerprint density at radius 1 is 1.20 bits per heavy atom. The highest BCUT2D eigenvalue weighted by Gasteiger charge is 2.12. The predicted molar refractivity (Wildman–Crippen MR) is 75.8 cm³/mol. The largest absolute Gasteiger partial charge is 0.478 e. The molecule has 5 heteroatoms. The van der Waals surface area contributed by atoms with E-state index in [2.05, 4.69) is 36.5 Å². The predicted octanol–water partition coefficient (Wildman–Crippen LogP) is 1.65. The number of benzene rings is 1. The summed E-state index contributed by atoms with van der Waals surface area (Å²) in [5.41, 5.74) is 3.05. The normalized spacial score (nSPS) is 17.6. The van der Waals surface area contributed by atoms with Crippen molar-refractivity contribution in [3.63, 3.8) is 0 Å². The molecule has 108 valence electrons. The molecule has 1 aromatic carbocycles. The van der Waals surface area contributed by atoms with Gasteiger partial charge in [0.05, 0.1) is 0 Å². The SMILES string of the molecule is CC1CNCCc2ccccc21.O=C(O)/C=C/C(=O)O. The third kappa shape index (κ3) is 5.67. The summed E-state index contributed by atoms with van der Waals surface area (Å²) in [6, 6.07) is 8.78. The minimum absolute atomic E-state index is 0.558. The zero-order chi connectivity index (χ0) is 15.0. The lowest BCUT2D eigenvalue weighted by Crippen LogP contribution is -2.18. The van der Waals surface area contributed by atoms with E-state index in [1.807, 2.05) is 0 Å². The summed E-state index contributed by atoms with van der Waals surface area (Å²) >= 11 is 0. The van der Waals surface area contributed by atoms with Gasteiger partial charge in [-0.3, -0.25) is 0 Å². The van der Waals surface area contributed by atoms with Crippen molar-refractivity contribution < 1.29 is 19.8 Å². The zero-order valence-electron chi connectivity index (χ0n) is 11.4. The van der Waals surface area contributed by atoms with Crippen molar-refractivity contribution in [2.45, 2.75) is 19.3 Å². The van der Waals surface area contributed by atoms with Crippen molar-refractivity contribution in [3.8, 4) is 0 Å². The Kier molecular flexibility index (Phi) is 6.46. The first-order valence-electron chi connectivity index (χ1n) is 6.43. The Hall–Kier alpha value is -2.14. The lowest BCUT2D eigenvalue weighted by molar-refractivity contribution is -0.134. The van der Waals surface area contributed by atoms with E-state index in [1.54, 1.807) is 0 Å². The number of fused-ring (bicyclic) bond motifs is 1. The molecule has 0 saturated carbocycles. The number of carboxylic acids is 2. The fourth-order valence-corrected chi connectivity index (χ4v) is 2.04. The highest BCUT2D eigenvalue weighted by Crippen LogP contribution is 2.21. The van der Waals surface area contributed by atoms with Gasteiger partial charge in [0.2, 0.25) is 0 Å². The van der Waals surface area contributed by atoms with Crippen molar-refractivity contribution in [1.29, 1.82) is 0 Å². The van der Waals surface area contributed by atoms with Crippen LogP contribution in [0.15, 0.2) is 36.4 Å². The molecule has 0 aromatic heterocycles. The van der Waals surface area contributed by atoms with Crippen LogP contribution < -0.4 is 5.32 Å². The van der Waals surface area contributed by atoms with Crippen LogP contribution in [0.2, 0.25) is 0 Å². The number of carbonyl (C=O) groups is 2. The Morgan fingerprint density at radius 3 is 2.40 bits per heavy atom. The summed E-state index contributed by atoms with van der Waals surface area (Å²) in [6.07, 6.45) is 2.30. The van der Waals surface area contributed by atoms with E-state index in [4.69, 9.17) is 10.2 Å². The van der Waals surface area contributed by atoms with E-state index < -0.39 is 11.9 Å². The van der Waals surface area contributed by atoms with Gasteiger partial charge >= 0.3 is 11.9 Å². The molecule has 1 aliphatic heterocycles. The van der Waals surface area contributed by atoms with Gasteiger partial charge < -0.3 is 15.5 Å². The quantitative estimate of drug-likeness (QED) is 0.715. The maximum absolute atomic E-state index is 9.55. The summed E-state index contributed by atoms with van der Waals surface area (Å²) in [6.45, 7) is 4.54. The lowest BCUT2D eigenvalue weighted by Gasteiger charge is -2.10. The van der Waals surface area contributed by atoms with E-state index in [-0.39, 0.29) is 0 Å². The molecule has 1 aromatic rings. The van der Waals surface area contributed by atoms with Crippen LogP contribution in [0.25, 0.3) is 0 Å². The van der Waals surface area contributed by atoms with Gasteiger partial charge in [-0.1, -0.05) is 31.2 Å². The van der Waals surface area contributed by atoms with E-state index >= 15 is 0 Å². The summed E-state index contributed by atoms with van der Waals surface area (Å²) in [4.78, 5) is 19.1. The molecule has 5 nitrogen and oxygen atoms in total. The maximum Gasteiger partial charge on any atom is 0.328 e. The van der Waals surface area contributed by atoms with Crippen LogP contribution in [0.5, 0.6) is 0 Å². The van der Waals surface area contributed by atoms with Gasteiger partial charge in [0.25, 0.3) is 0 Å². The smallest absolute Gasteiger partial charge is 0.328 e. The van der Waals surface area contributed by atoms with Gasteiger partial charge in [-0.2, -0.15) is 0 Å². The second-order valence-corrected chi connectivity index (χ2v) is 4.56. The molecule has 0 bridgehead atoms. The standard InChI is InChI=1S/C11H15N.C4H4O4/c1-9-8-12-7-6-10-4-2-3-5-11(9)10;5-3(6)1-2-4(7)8/h2-5,9,12H,6-8H2,1H3;1-2H,(H,5,6)(H,7,8)/b;2-1+. The van der Waals surface area contributed by atoms with Crippen molar-refractivity contribution in [2.24, 2.45) is 0 Å². The molecule has 0 fully saturated rings. The molecule has 3 N–H and O–H groups in total. The van der Waals surface area contributed by atoms with Crippen LogP contribution in [-0.4, -0.2) is 35.2 Å². The minimum Gasteiger partial charge on any atom is -0.478 e. The van der Waals surface area contributed by atoms with Crippen LogP contribution in [0, 0.1) is 0 Å². The molecule has 0 aliphatic carbocycles. The number of hydrogen-bond acceptors (Lipinski definition) is 3. The Morgan fingerprint density at radius 2 is 1.80 bits per heavy atom. The average molecular weight is 277 g/mol. The van der Waals surface area contributed by atoms with E-state index in [0.29, 0.717) is 18.1 Å². The minimum atomic E-state index is -1.26. The van der Waals surface area contributed by atoms with Gasteiger partial charge in [-0.25, -0.2) is 9.59 Å². The lowest BCUT2D eigenvalue weighted by atomic mass is 9.96. The average Bonchev–Trinajstić information content (AvgIpc) is 2.60. The van der Waals surface area contributed by atoms with Crippen LogP contribution in [-0.2, 0) is 16.0 Å². The summed E-state index contributed by atoms with van der Waals surface area (Å²) < 4.78 is 0. The molecular weight excluding hydrogens is 258 g/mol. The summed E-state index contributed by atoms with van der Waals surface area (Å²) in [5.74, 6) is -1.84. The molecule has 20 heavy (non-hydrogen) atoms. The molecule has 1 heterocycles. The molecular formula is C15H19NO4. The molecule has 2 rings (SSSR count). The van der Waals surface area contributed by atoms with Crippen molar-refractivity contribution in [1.82, 2.24) is 5.32 Å². The number of rotatable bonds is 2. The van der Waals surface area contributed by atoms with Gasteiger partial charge in [-0.15, -0.1) is 0 Å². The first kappa shape index (κ1) is 15.9. The number of nitrogens with one attached hydrogen (secondary N) is 1. The first-order valence-corrected chi connectivity index (χ1v) is 6.43. The van der Waals surface area contributed by atoms with E-state index in [9.17, 15) is 9.59 Å². The maximum atomic E-state index is 9.55. The number of hydrogen-bond donors (Lipinski definition) is 3. The molecule has 0 radical (unpaired) electrons. The molecule has 0 saturated heterocycles. The number of carboxylic acid groups (broad SMARTS) is 2. The van der Waals surface area contributed by atoms with E-state index in [0.717, 1.165) is 13.1 Å². The van der Waals surface area contributed by atoms with Crippen LogP contribution in [0.4, 0.5) is 0 Å². The van der Waals surface area contributed by atoms with Crippen LogP contribution in [0.3, 0.4) is 0 Å². The van der Waals surface area contributed by atoms with Gasteiger partial charge in [0, 0.05) is 18.7 Å². The second kappa shape index (κ2) is 8.12. The molecule has 0 amide bonds. The van der Waals surface area contributed by atoms with Gasteiger partial charge in [0.1, 0.15) is 0 Å². The van der Waals surface area contributed by atoms with E-state index in [1.165, 1.54) is 17.5 Å². The van der Waals surface area contributed by atoms with Crippen molar-refractivity contribution in [2.75, 3.05) is 13.1 Å². The van der Waals surface area contributed by atoms with Gasteiger partial charge in [0.15, 0.2) is 0 Å². The fraction of sp³-hybridized carbons (Fsp3) is 0.333. The molecule has 0 spiro atoms. The van der Waals surface area contributed by atoms with Gasteiger partial charge in [-0.05, 0) is 30.0 Å². The van der Waals surface area contributed by atoms with Crippen molar-refractivity contribution >= 4 is 11.9 Å². The zero-order valence-corrected chi connectivity index (χ0v) is 11.4. The third-order valence-corrected chi connectivity index (χ3v) is 2.98. The van der Waals surface area contributed by atoms with Crippen LogP contribution >= 0.6 is 0 Å². The van der Waals surface area contributed by atoms with Crippen molar-refractivity contribution in [3.05, 3.63) is 47.5 Å². The number of aliphatic carboxylic acids is 2. The fourth-order valence-electron chi connectivity index (χ4n) is 2.04. The highest BCUT2D eigenvalue weighted by molar-refractivity contribution is 5.89. The second-order valence-electron chi connectivity index (χ2n) is 4.56. The summed E-state index contributed by atoms with van der Waals surface area (Å²) in [5, 5.41) is 19.1. The van der Waals surface area contributed by atoms with Crippen LogP contribution in [0.1, 0.15) is 24.0 Å². The highest BCUT2D eigenvalue weighted by atomic mass is 16.4. The molecule has 1 aliphatic rings. The molecule has 1 unspecified atom stereocenters. The Bertz CT molecular complexity index is 480. The third-order valence-electron chi connectivity index (χ3n) is 2.98. The topological polar surface area (TPSA) is 86.6 Å². The molecule has 1 atom stereocenters.